The van der Waals surface area contributed by atoms with E-state index in [2.05, 4.69) is 36.9 Å². The number of benzene rings is 2. The van der Waals surface area contributed by atoms with Gasteiger partial charge in [-0.1, -0.05) is 13.8 Å². The summed E-state index contributed by atoms with van der Waals surface area (Å²) in [6.45, 7) is 5.97. The Labute approximate surface area is 243 Å². The third-order valence-corrected chi connectivity index (χ3v) is 8.55. The number of carbonyl (C=O) groups excluding carboxylic acids is 1. The number of aromatic amines is 1. The Kier molecular flexibility index (Phi) is 8.86. The third kappa shape index (κ3) is 6.52. The van der Waals surface area contributed by atoms with Crippen molar-refractivity contribution in [1.29, 1.82) is 0 Å². The van der Waals surface area contributed by atoms with Crippen LogP contribution in [0.25, 0.3) is 27.9 Å². The van der Waals surface area contributed by atoms with Gasteiger partial charge in [-0.25, -0.2) is 8.51 Å². The third-order valence-electron chi connectivity index (χ3n) is 7.46. The second-order valence-corrected chi connectivity index (χ2v) is 12.2. The molecular weight excluding hydrogens is 536 g/mol. The maximum Gasteiger partial charge on any atom is 0.257 e. The molecule has 2 fully saturated rings. The van der Waals surface area contributed by atoms with Crippen LogP contribution in [-0.2, 0) is 18.0 Å². The number of carbonyl (C=O) groups is 1. The number of H-pyrrole nitrogens is 1. The van der Waals surface area contributed by atoms with Crippen molar-refractivity contribution in [3.63, 3.8) is 0 Å². The van der Waals surface area contributed by atoms with Gasteiger partial charge in [0, 0.05) is 71.5 Å². The average Bonchev–Trinajstić information content (AvgIpc) is 3.49. The summed E-state index contributed by atoms with van der Waals surface area (Å²) in [7, 11) is 4.13. The van der Waals surface area contributed by atoms with Crippen molar-refractivity contribution < 1.29 is 9.00 Å². The van der Waals surface area contributed by atoms with Crippen molar-refractivity contribution in [3.8, 4) is 0 Å². The molecule has 2 aliphatic rings. The summed E-state index contributed by atoms with van der Waals surface area (Å²) in [5.41, 5.74) is 4.57. The number of hydrogen-bond donors (Lipinski definition) is 3. The molecule has 2 aromatic heterocycles. The first-order valence-corrected chi connectivity index (χ1v) is 15.5. The molecule has 10 nitrogen and oxygen atoms in total. The van der Waals surface area contributed by atoms with Crippen LogP contribution in [0.3, 0.4) is 0 Å². The molecule has 4 aromatic rings. The Hall–Kier alpha value is -3.54. The Morgan fingerprint density at radius 2 is 1.85 bits per heavy atom. The van der Waals surface area contributed by atoms with Gasteiger partial charge in [0.1, 0.15) is 16.5 Å². The van der Waals surface area contributed by atoms with Gasteiger partial charge in [0.25, 0.3) is 5.91 Å². The lowest BCUT2D eigenvalue weighted by Gasteiger charge is -2.34. The van der Waals surface area contributed by atoms with Crippen LogP contribution in [0, 0.1) is 0 Å². The van der Waals surface area contributed by atoms with Crippen molar-refractivity contribution in [2.24, 2.45) is 7.05 Å². The molecule has 218 valence electrons. The van der Waals surface area contributed by atoms with Crippen molar-refractivity contribution in [1.82, 2.24) is 29.6 Å². The molecule has 0 radical (unpaired) electrons. The lowest BCUT2D eigenvalue weighted by Crippen LogP contribution is -2.43. The first kappa shape index (κ1) is 29.0. The topological polar surface area (TPSA) is 111 Å². The molecule has 1 unspecified atom stereocenters. The number of amides is 1. The molecule has 1 amide bonds. The van der Waals surface area contributed by atoms with Crippen LogP contribution in [0.2, 0.25) is 0 Å². The monoisotopic (exact) mass is 576 g/mol. The number of aromatic nitrogens is 4. The highest BCUT2D eigenvalue weighted by atomic mass is 32.2. The molecule has 3 N–H and O–H groups in total. The summed E-state index contributed by atoms with van der Waals surface area (Å²) >= 11 is 0. The smallest absolute Gasteiger partial charge is 0.257 e. The molecule has 41 heavy (non-hydrogen) atoms. The summed E-state index contributed by atoms with van der Waals surface area (Å²) < 4.78 is 15.6. The van der Waals surface area contributed by atoms with Gasteiger partial charge in [0.05, 0.1) is 17.3 Å². The van der Waals surface area contributed by atoms with Crippen LogP contribution in [0.5, 0.6) is 0 Å². The number of anilines is 2. The van der Waals surface area contributed by atoms with Gasteiger partial charge >= 0.3 is 0 Å². The van der Waals surface area contributed by atoms with Gasteiger partial charge in [-0.2, -0.15) is 10.2 Å². The predicted octanol–water partition coefficient (Wildman–Crippen LogP) is 4.64. The highest BCUT2D eigenvalue weighted by molar-refractivity contribution is 7.85. The lowest BCUT2D eigenvalue weighted by atomic mass is 10.0. The molecule has 0 bridgehead atoms. The summed E-state index contributed by atoms with van der Waals surface area (Å²) in [5, 5.41) is 22.1. The first-order chi connectivity index (χ1) is 19.9. The summed E-state index contributed by atoms with van der Waals surface area (Å²) in [6, 6.07) is 8.99. The van der Waals surface area contributed by atoms with Gasteiger partial charge in [-0.15, -0.1) is 0 Å². The van der Waals surface area contributed by atoms with E-state index in [1.54, 1.807) is 40.8 Å². The van der Waals surface area contributed by atoms with Crippen molar-refractivity contribution in [3.05, 3.63) is 53.2 Å². The first-order valence-electron chi connectivity index (χ1n) is 14.4. The minimum absolute atomic E-state index is 0.229. The van der Waals surface area contributed by atoms with Gasteiger partial charge in [0.15, 0.2) is 0 Å². The molecule has 1 atom stereocenters. The number of hydrogen-bond acceptors (Lipinski definition) is 6. The van der Waals surface area contributed by atoms with E-state index in [0.717, 1.165) is 59.5 Å². The molecule has 1 aliphatic carbocycles. The maximum atomic E-state index is 13.5. The minimum Gasteiger partial charge on any atom is -0.371 e. The molecule has 0 spiro atoms. The minimum atomic E-state index is -1.26. The molecule has 11 heteroatoms. The van der Waals surface area contributed by atoms with E-state index in [-0.39, 0.29) is 5.91 Å². The second-order valence-electron chi connectivity index (χ2n) is 10.6. The number of nitrogens with one attached hydrogen (secondary N) is 3. The fourth-order valence-corrected chi connectivity index (χ4v) is 5.78. The van der Waals surface area contributed by atoms with Crippen LogP contribution in [-0.4, -0.2) is 73.7 Å². The molecule has 6 rings (SSSR count). The molecule has 2 aromatic carbocycles. The van der Waals surface area contributed by atoms with Gasteiger partial charge < -0.3 is 15.5 Å². The fraction of sp³-hybridized carbons (Fsp3) is 0.433. The fourth-order valence-electron chi connectivity index (χ4n) is 5.28. The van der Waals surface area contributed by atoms with E-state index < -0.39 is 11.0 Å². The summed E-state index contributed by atoms with van der Waals surface area (Å²) in [6.07, 6.45) is 10.4. The van der Waals surface area contributed by atoms with Crippen LogP contribution in [0.4, 0.5) is 11.4 Å². The molecular formula is C30H40N8O2S. The van der Waals surface area contributed by atoms with Crippen LogP contribution >= 0.6 is 0 Å². The van der Waals surface area contributed by atoms with E-state index in [9.17, 15) is 9.00 Å². The molecule has 1 saturated heterocycles. The van der Waals surface area contributed by atoms with E-state index >= 15 is 0 Å². The Balaban J connectivity index is 0.00000165. The molecule has 3 heterocycles. The average molecular weight is 577 g/mol. The van der Waals surface area contributed by atoms with Gasteiger partial charge in [-0.05, 0) is 70.1 Å². The van der Waals surface area contributed by atoms with E-state index in [4.69, 9.17) is 0 Å². The molecule has 1 saturated carbocycles. The Morgan fingerprint density at radius 3 is 2.56 bits per heavy atom. The van der Waals surface area contributed by atoms with Crippen LogP contribution in [0.1, 0.15) is 55.5 Å². The Morgan fingerprint density at radius 1 is 1.12 bits per heavy atom. The van der Waals surface area contributed by atoms with Gasteiger partial charge in [-0.3, -0.25) is 14.6 Å². The largest absolute Gasteiger partial charge is 0.371 e. The number of nitrogens with zero attached hydrogens (tertiary/aromatic N) is 5. The summed E-state index contributed by atoms with van der Waals surface area (Å²) in [4.78, 5) is 16.0. The zero-order chi connectivity index (χ0) is 29.1. The number of aryl methyl sites for hydroxylation is 1. The van der Waals surface area contributed by atoms with E-state index in [0.29, 0.717) is 22.8 Å². The number of rotatable bonds is 8. The van der Waals surface area contributed by atoms with Crippen molar-refractivity contribution in [2.45, 2.75) is 51.6 Å². The second kappa shape index (κ2) is 12.5. The highest BCUT2D eigenvalue weighted by Gasteiger charge is 2.28. The zero-order valence-corrected chi connectivity index (χ0v) is 25.3. The van der Waals surface area contributed by atoms with Crippen LogP contribution < -0.4 is 15.5 Å². The number of piperidine rings is 1. The highest BCUT2D eigenvalue weighted by Crippen LogP contribution is 2.32. The normalized spacial score (nSPS) is 16.9. The Bertz CT molecular complexity index is 1580. The van der Waals surface area contributed by atoms with E-state index in [1.165, 1.54) is 12.8 Å². The lowest BCUT2D eigenvalue weighted by molar-refractivity contribution is 0.102. The van der Waals surface area contributed by atoms with Crippen molar-refractivity contribution >= 4 is 56.1 Å². The van der Waals surface area contributed by atoms with Crippen molar-refractivity contribution in [2.75, 3.05) is 37.4 Å². The maximum absolute atomic E-state index is 13.5. The summed E-state index contributed by atoms with van der Waals surface area (Å²) in [5.74, 6) is -0.229. The number of fused-ring (bicyclic) bond motifs is 2. The standard InChI is InChI=1S/C28H34N8O2S.C2H6/c1-34(2)39(38)13-10-18-14-22(15-19-16-29-32-26(18)19)31-28(37)23-6-7-25(24-17-35(3)33-27(23)24)36-11-8-21(9-12-36)30-20-4-5-20;1-2/h6-7,10,13-17,20-21,30H,4-5,8-9,11-12H2,1-3H3,(H,29,32)(H,31,37);1-2H3/b13-10+;. The SMILES string of the molecule is CC.CN(C)S(=O)/C=C/c1cc(NC(=O)c2ccc(N3CCC(NC4CC4)CC3)c3cn(C)nc23)cc2cn[nH]c12. The van der Waals surface area contributed by atoms with E-state index in [1.807, 2.05) is 45.3 Å². The predicted molar refractivity (Wildman–Crippen MR) is 168 cm³/mol. The van der Waals surface area contributed by atoms with Gasteiger partial charge in [0.2, 0.25) is 0 Å². The quantitative estimate of drug-likeness (QED) is 0.282. The molecule has 1 aliphatic heterocycles. The zero-order valence-electron chi connectivity index (χ0n) is 24.5. The van der Waals surface area contributed by atoms with Crippen LogP contribution in [0.15, 0.2) is 42.1 Å².